The molecule has 2 atom stereocenters. The topological polar surface area (TPSA) is 55.8 Å². The Morgan fingerprint density at radius 3 is 2.35 bits per heavy atom. The fourth-order valence-corrected chi connectivity index (χ4v) is 3.89. The number of hydrogen-bond donors (Lipinski definition) is 0. The highest BCUT2D eigenvalue weighted by Crippen LogP contribution is 2.43. The first-order valence-corrected chi connectivity index (χ1v) is 8.98. The molecule has 0 saturated carbocycles. The van der Waals surface area contributed by atoms with E-state index in [1.54, 1.807) is 5.06 Å². The van der Waals surface area contributed by atoms with Crippen molar-refractivity contribution in [3.05, 3.63) is 60.2 Å². The smallest absolute Gasteiger partial charge is 0.431 e. The van der Waals surface area contributed by atoms with Gasteiger partial charge in [0.2, 0.25) is 5.72 Å². The quantitative estimate of drug-likeness (QED) is 0.624. The number of esters is 1. The Kier molecular flexibility index (Phi) is 4.24. The zero-order valence-corrected chi connectivity index (χ0v) is 14.7. The van der Waals surface area contributed by atoms with Gasteiger partial charge in [-0.05, 0) is 29.5 Å². The first-order chi connectivity index (χ1) is 12.6. The number of hydrogen-bond acceptors (Lipinski definition) is 5. The molecule has 5 nitrogen and oxygen atoms in total. The molecule has 0 N–H and O–H groups in total. The fourth-order valence-electron chi connectivity index (χ4n) is 3.89. The van der Waals surface area contributed by atoms with Crippen molar-refractivity contribution >= 4 is 11.9 Å². The second-order valence-electron chi connectivity index (χ2n) is 6.88. The van der Waals surface area contributed by atoms with Gasteiger partial charge in [-0.3, -0.25) is 0 Å². The molecule has 2 aliphatic heterocycles. The van der Waals surface area contributed by atoms with E-state index in [2.05, 4.69) is 36.4 Å². The molecule has 0 radical (unpaired) electrons. The lowest BCUT2D eigenvalue weighted by Gasteiger charge is -2.49. The van der Waals surface area contributed by atoms with Crippen molar-refractivity contribution in [1.82, 2.24) is 5.06 Å². The molecular formula is C21H21NO4. The predicted octanol–water partition coefficient (Wildman–Crippen LogP) is 3.65. The summed E-state index contributed by atoms with van der Waals surface area (Å²) in [5, 5.41) is 1.57. The molecule has 2 aliphatic rings. The van der Waals surface area contributed by atoms with Crippen molar-refractivity contribution in [2.24, 2.45) is 0 Å². The molecule has 2 aromatic rings. The van der Waals surface area contributed by atoms with Gasteiger partial charge < -0.3 is 9.57 Å². The van der Waals surface area contributed by atoms with Crippen LogP contribution < -0.4 is 0 Å². The van der Waals surface area contributed by atoms with Crippen LogP contribution in [0.4, 0.5) is 0 Å². The Morgan fingerprint density at radius 1 is 0.923 bits per heavy atom. The van der Waals surface area contributed by atoms with Gasteiger partial charge in [0, 0.05) is 18.9 Å². The van der Waals surface area contributed by atoms with Gasteiger partial charge in [0.1, 0.15) is 0 Å². The third-order valence-corrected chi connectivity index (χ3v) is 5.39. The Balaban J connectivity index is 1.64. The largest absolute Gasteiger partial charge is 0.436 e. The molecular weight excluding hydrogens is 330 g/mol. The number of rotatable bonds is 3. The summed E-state index contributed by atoms with van der Waals surface area (Å²) in [6.45, 7) is 2.59. The first-order valence-electron chi connectivity index (χ1n) is 8.98. The van der Waals surface area contributed by atoms with E-state index in [-0.39, 0.29) is 5.92 Å². The third kappa shape index (κ3) is 2.78. The Labute approximate surface area is 152 Å². The summed E-state index contributed by atoms with van der Waals surface area (Å²) in [5.74, 6) is -1.96. The number of nitrogens with zero attached hydrogens (tertiary/aromatic N) is 1. The van der Waals surface area contributed by atoms with Gasteiger partial charge in [0.15, 0.2) is 0 Å². The van der Waals surface area contributed by atoms with Crippen LogP contribution in [0.2, 0.25) is 0 Å². The number of piperidine rings is 1. The van der Waals surface area contributed by atoms with Crippen molar-refractivity contribution in [1.29, 1.82) is 0 Å². The minimum absolute atomic E-state index is 0.121. The molecule has 2 fully saturated rings. The lowest BCUT2D eigenvalue weighted by Crippen LogP contribution is -2.62. The van der Waals surface area contributed by atoms with E-state index in [4.69, 9.17) is 9.57 Å². The van der Waals surface area contributed by atoms with Crippen LogP contribution in [0, 0.1) is 0 Å². The van der Waals surface area contributed by atoms with Crippen LogP contribution in [0.3, 0.4) is 0 Å². The zero-order chi connectivity index (χ0) is 18.1. The highest BCUT2D eigenvalue weighted by Gasteiger charge is 2.54. The molecule has 2 unspecified atom stereocenters. The normalized spacial score (nSPS) is 24.3. The number of ether oxygens (including phenoxy) is 1. The van der Waals surface area contributed by atoms with E-state index >= 15 is 0 Å². The molecule has 4 rings (SSSR count). The zero-order valence-electron chi connectivity index (χ0n) is 14.7. The minimum Gasteiger partial charge on any atom is -0.431 e. The molecule has 2 saturated heterocycles. The van der Waals surface area contributed by atoms with Crippen LogP contribution in [0.5, 0.6) is 0 Å². The van der Waals surface area contributed by atoms with E-state index < -0.39 is 17.7 Å². The monoisotopic (exact) mass is 351 g/mol. The van der Waals surface area contributed by atoms with Crippen LogP contribution >= 0.6 is 0 Å². The SMILES string of the molecule is CC(c1ccc(-c2ccccc2)cc1)C12CCCCN1OC(=O)C(=O)O2. The van der Waals surface area contributed by atoms with Gasteiger partial charge >= 0.3 is 11.9 Å². The molecule has 0 aromatic heterocycles. The standard InChI is InChI=1S/C21H21NO4/c1-15(16-9-11-18(12-10-16)17-7-3-2-4-8-17)21-13-5-6-14-22(21)26-20(24)19(23)25-21/h2-4,7-12,15H,5-6,13-14H2,1H3. The maximum absolute atomic E-state index is 11.9. The summed E-state index contributed by atoms with van der Waals surface area (Å²) < 4.78 is 5.63. The van der Waals surface area contributed by atoms with E-state index in [0.717, 1.165) is 29.5 Å². The second kappa shape index (κ2) is 6.57. The lowest BCUT2D eigenvalue weighted by molar-refractivity contribution is -0.323. The summed E-state index contributed by atoms with van der Waals surface area (Å²) in [7, 11) is 0. The lowest BCUT2D eigenvalue weighted by atomic mass is 9.83. The van der Waals surface area contributed by atoms with Crippen molar-refractivity contribution in [3.63, 3.8) is 0 Å². The number of carbonyl (C=O) groups excluding carboxylic acids is 2. The van der Waals surface area contributed by atoms with Crippen molar-refractivity contribution in [2.45, 2.75) is 37.8 Å². The van der Waals surface area contributed by atoms with Crippen molar-refractivity contribution in [2.75, 3.05) is 6.54 Å². The van der Waals surface area contributed by atoms with Crippen LogP contribution in [0.25, 0.3) is 11.1 Å². The Bertz CT molecular complexity index is 818. The molecule has 0 amide bonds. The third-order valence-electron chi connectivity index (χ3n) is 5.39. The van der Waals surface area contributed by atoms with E-state index in [1.165, 1.54) is 0 Å². The van der Waals surface area contributed by atoms with Crippen molar-refractivity contribution in [3.8, 4) is 11.1 Å². The molecule has 0 bridgehead atoms. The maximum Gasteiger partial charge on any atom is 0.436 e. The average molecular weight is 351 g/mol. The van der Waals surface area contributed by atoms with Gasteiger partial charge in [-0.1, -0.05) is 66.6 Å². The van der Waals surface area contributed by atoms with Crippen LogP contribution in [-0.2, 0) is 19.2 Å². The molecule has 26 heavy (non-hydrogen) atoms. The number of benzene rings is 2. The van der Waals surface area contributed by atoms with Gasteiger partial charge in [-0.15, -0.1) is 0 Å². The Morgan fingerprint density at radius 2 is 1.62 bits per heavy atom. The molecule has 2 aromatic carbocycles. The maximum atomic E-state index is 11.9. The summed E-state index contributed by atoms with van der Waals surface area (Å²) in [6, 6.07) is 18.4. The summed E-state index contributed by atoms with van der Waals surface area (Å²) in [5.41, 5.74) is 2.41. The highest BCUT2D eigenvalue weighted by atomic mass is 16.8. The second-order valence-corrected chi connectivity index (χ2v) is 6.88. The molecule has 134 valence electrons. The first kappa shape index (κ1) is 16.8. The van der Waals surface area contributed by atoms with Gasteiger partial charge in [-0.2, -0.15) is 0 Å². The highest BCUT2D eigenvalue weighted by molar-refractivity contribution is 6.30. The van der Waals surface area contributed by atoms with Gasteiger partial charge in [0.25, 0.3) is 0 Å². The Hall–Kier alpha value is -2.66. The molecule has 2 heterocycles. The molecule has 0 spiro atoms. The van der Waals surface area contributed by atoms with Gasteiger partial charge in [-0.25, -0.2) is 9.59 Å². The summed E-state index contributed by atoms with van der Waals surface area (Å²) in [4.78, 5) is 28.8. The number of hydroxylamine groups is 2. The van der Waals surface area contributed by atoms with Crippen molar-refractivity contribution < 1.29 is 19.2 Å². The summed E-state index contributed by atoms with van der Waals surface area (Å²) in [6.07, 6.45) is 2.48. The molecule has 5 heteroatoms. The van der Waals surface area contributed by atoms with Crippen LogP contribution in [0.15, 0.2) is 54.6 Å². The fraction of sp³-hybridized carbons (Fsp3) is 0.333. The number of carbonyl (C=O) groups is 2. The van der Waals surface area contributed by atoms with Crippen LogP contribution in [-0.4, -0.2) is 29.3 Å². The average Bonchev–Trinajstić information content (AvgIpc) is 2.69. The van der Waals surface area contributed by atoms with E-state index in [0.29, 0.717) is 13.0 Å². The minimum atomic E-state index is -0.936. The van der Waals surface area contributed by atoms with Gasteiger partial charge in [0.05, 0.1) is 0 Å². The van der Waals surface area contributed by atoms with Crippen LogP contribution in [0.1, 0.15) is 37.7 Å². The van der Waals surface area contributed by atoms with E-state index in [9.17, 15) is 9.59 Å². The molecule has 0 aliphatic carbocycles. The predicted molar refractivity (Wildman–Crippen MR) is 95.8 cm³/mol. The van der Waals surface area contributed by atoms with E-state index in [1.807, 2.05) is 25.1 Å². The number of fused-ring (bicyclic) bond motifs is 1. The summed E-state index contributed by atoms with van der Waals surface area (Å²) >= 11 is 0.